The molecule has 130 valence electrons. The number of rotatable bonds is 10. The lowest BCUT2D eigenvalue weighted by atomic mass is 9.98. The number of hydrogen-bond donors (Lipinski definition) is 0. The summed E-state index contributed by atoms with van der Waals surface area (Å²) in [6, 6.07) is 4.14. The molecule has 0 spiro atoms. The second-order valence-electron chi connectivity index (χ2n) is 6.38. The van der Waals surface area contributed by atoms with E-state index in [1.165, 1.54) is 5.56 Å². The van der Waals surface area contributed by atoms with Gasteiger partial charge in [0.15, 0.2) is 0 Å². The lowest BCUT2D eigenvalue weighted by molar-refractivity contribution is 0.0521. The maximum absolute atomic E-state index is 12.4. The van der Waals surface area contributed by atoms with Crippen molar-refractivity contribution in [2.24, 2.45) is 5.92 Å². The van der Waals surface area contributed by atoms with E-state index in [9.17, 15) is 4.79 Å². The van der Waals surface area contributed by atoms with Gasteiger partial charge in [0.05, 0.1) is 13.2 Å². The van der Waals surface area contributed by atoms with E-state index >= 15 is 0 Å². The van der Waals surface area contributed by atoms with Gasteiger partial charge in [-0.05, 0) is 49.3 Å². The molecular weight excluding hydrogens is 288 g/mol. The first-order valence-corrected chi connectivity index (χ1v) is 8.99. The molecule has 0 amide bonds. The molecule has 0 aliphatic carbocycles. The van der Waals surface area contributed by atoms with E-state index in [1.807, 2.05) is 13.0 Å². The summed E-state index contributed by atoms with van der Waals surface area (Å²) < 4.78 is 11.3. The van der Waals surface area contributed by atoms with Crippen LogP contribution in [0.1, 0.15) is 75.4 Å². The second kappa shape index (κ2) is 10.3. The zero-order chi connectivity index (χ0) is 17.2. The van der Waals surface area contributed by atoms with E-state index in [-0.39, 0.29) is 5.97 Å². The molecule has 0 saturated heterocycles. The second-order valence-corrected chi connectivity index (χ2v) is 6.38. The van der Waals surface area contributed by atoms with Crippen molar-refractivity contribution < 1.29 is 14.3 Å². The third-order valence-electron chi connectivity index (χ3n) is 3.72. The number of carbonyl (C=O) groups excluding carboxylic acids is 1. The van der Waals surface area contributed by atoms with E-state index < -0.39 is 0 Å². The largest absolute Gasteiger partial charge is 0.492 e. The number of hydrogen-bond acceptors (Lipinski definition) is 3. The van der Waals surface area contributed by atoms with Gasteiger partial charge in [0.1, 0.15) is 11.3 Å². The number of ether oxygens (including phenoxy) is 2. The first kappa shape index (κ1) is 19.5. The number of carbonyl (C=O) groups is 1. The van der Waals surface area contributed by atoms with Crippen LogP contribution in [-0.2, 0) is 17.6 Å². The van der Waals surface area contributed by atoms with Gasteiger partial charge in [-0.25, -0.2) is 4.79 Å². The van der Waals surface area contributed by atoms with Crippen LogP contribution >= 0.6 is 0 Å². The van der Waals surface area contributed by atoms with Crippen molar-refractivity contribution in [3.8, 4) is 5.75 Å². The minimum Gasteiger partial charge on any atom is -0.492 e. The van der Waals surface area contributed by atoms with Gasteiger partial charge in [-0.15, -0.1) is 0 Å². The molecule has 0 N–H and O–H groups in total. The molecule has 0 saturated carbocycles. The minimum atomic E-state index is -0.276. The Kier molecular flexibility index (Phi) is 8.75. The fraction of sp³-hybridized carbons (Fsp3) is 0.650. The smallest absolute Gasteiger partial charge is 0.341 e. The Bertz CT molecular complexity index is 492. The number of benzene rings is 1. The van der Waals surface area contributed by atoms with Crippen LogP contribution in [0.4, 0.5) is 0 Å². The third-order valence-corrected chi connectivity index (χ3v) is 3.72. The molecule has 1 rings (SSSR count). The fourth-order valence-electron chi connectivity index (χ4n) is 2.57. The molecule has 1 aromatic rings. The van der Waals surface area contributed by atoms with Gasteiger partial charge in [0, 0.05) is 0 Å². The highest BCUT2D eigenvalue weighted by molar-refractivity contribution is 5.93. The normalized spacial score (nSPS) is 10.9. The molecule has 1 aromatic carbocycles. The Hall–Kier alpha value is -1.51. The Morgan fingerprint density at radius 3 is 2.35 bits per heavy atom. The molecule has 0 aliphatic rings. The quantitative estimate of drug-likeness (QED) is 0.556. The maximum atomic E-state index is 12.4. The van der Waals surface area contributed by atoms with Crippen molar-refractivity contribution in [2.75, 3.05) is 13.2 Å². The summed E-state index contributed by atoms with van der Waals surface area (Å²) in [6.07, 6.45) is 4.95. The third kappa shape index (κ3) is 6.25. The Morgan fingerprint density at radius 1 is 1.09 bits per heavy atom. The highest BCUT2D eigenvalue weighted by Crippen LogP contribution is 2.29. The molecule has 0 fully saturated rings. The summed E-state index contributed by atoms with van der Waals surface area (Å²) in [7, 11) is 0. The van der Waals surface area contributed by atoms with Crippen LogP contribution in [0.5, 0.6) is 5.75 Å². The molecule has 0 unspecified atom stereocenters. The monoisotopic (exact) mass is 320 g/mol. The van der Waals surface area contributed by atoms with E-state index in [1.54, 1.807) is 0 Å². The molecule has 23 heavy (non-hydrogen) atoms. The molecule has 0 aliphatic heterocycles. The molecule has 3 nitrogen and oxygen atoms in total. The van der Waals surface area contributed by atoms with Crippen molar-refractivity contribution in [2.45, 2.75) is 66.7 Å². The summed E-state index contributed by atoms with van der Waals surface area (Å²) in [6.45, 7) is 11.5. The van der Waals surface area contributed by atoms with Gasteiger partial charge in [-0.1, -0.05) is 46.6 Å². The van der Waals surface area contributed by atoms with E-state index in [0.29, 0.717) is 24.7 Å². The predicted octanol–water partition coefficient (Wildman–Crippen LogP) is 5.19. The van der Waals surface area contributed by atoms with Crippen LogP contribution in [0.2, 0.25) is 0 Å². The minimum absolute atomic E-state index is 0.276. The molecule has 3 heteroatoms. The zero-order valence-corrected chi connectivity index (χ0v) is 15.4. The van der Waals surface area contributed by atoms with Crippen LogP contribution in [0.15, 0.2) is 12.1 Å². The summed E-state index contributed by atoms with van der Waals surface area (Å²) >= 11 is 0. The van der Waals surface area contributed by atoms with Crippen molar-refractivity contribution in [3.63, 3.8) is 0 Å². The average molecular weight is 320 g/mol. The number of aryl methyl sites for hydroxylation is 2. The van der Waals surface area contributed by atoms with Crippen LogP contribution in [0, 0.1) is 5.92 Å². The Morgan fingerprint density at radius 2 is 1.78 bits per heavy atom. The molecule has 0 atom stereocenters. The van der Waals surface area contributed by atoms with Crippen LogP contribution in [-0.4, -0.2) is 19.2 Å². The summed E-state index contributed by atoms with van der Waals surface area (Å²) in [5, 5.41) is 0. The number of esters is 1. The predicted molar refractivity (Wildman–Crippen MR) is 95.3 cm³/mol. The van der Waals surface area contributed by atoms with Gasteiger partial charge in [-0.3, -0.25) is 0 Å². The topological polar surface area (TPSA) is 35.5 Å². The molecule has 0 radical (unpaired) electrons. The average Bonchev–Trinajstić information content (AvgIpc) is 2.49. The first-order valence-electron chi connectivity index (χ1n) is 8.99. The van der Waals surface area contributed by atoms with Gasteiger partial charge in [0.25, 0.3) is 0 Å². The summed E-state index contributed by atoms with van der Waals surface area (Å²) in [4.78, 5) is 12.4. The SMILES string of the molecule is CCCc1cc(CCC)c(OCCC(C)C)c(C(=O)OCC)c1. The summed E-state index contributed by atoms with van der Waals surface area (Å²) in [5.74, 6) is 1.03. The van der Waals surface area contributed by atoms with Crippen LogP contribution in [0.25, 0.3) is 0 Å². The molecule has 0 heterocycles. The van der Waals surface area contributed by atoms with E-state index in [4.69, 9.17) is 9.47 Å². The van der Waals surface area contributed by atoms with Gasteiger partial charge in [0.2, 0.25) is 0 Å². The standard InChI is InChI=1S/C20H32O3/c1-6-9-16-13-17(10-7-2)19(23-12-11-15(4)5)18(14-16)20(21)22-8-3/h13-15H,6-12H2,1-5H3. The van der Waals surface area contributed by atoms with Crippen molar-refractivity contribution in [1.82, 2.24) is 0 Å². The van der Waals surface area contributed by atoms with Gasteiger partial charge in [-0.2, -0.15) is 0 Å². The zero-order valence-electron chi connectivity index (χ0n) is 15.4. The van der Waals surface area contributed by atoms with E-state index in [0.717, 1.165) is 43.4 Å². The lowest BCUT2D eigenvalue weighted by Crippen LogP contribution is -2.12. The summed E-state index contributed by atoms with van der Waals surface area (Å²) in [5.41, 5.74) is 2.91. The first-order chi connectivity index (χ1) is 11.0. The van der Waals surface area contributed by atoms with Crippen molar-refractivity contribution >= 4 is 5.97 Å². The lowest BCUT2D eigenvalue weighted by Gasteiger charge is -2.17. The molecule has 0 aromatic heterocycles. The van der Waals surface area contributed by atoms with Crippen LogP contribution < -0.4 is 4.74 Å². The highest BCUT2D eigenvalue weighted by Gasteiger charge is 2.19. The molecular formula is C20H32O3. The highest BCUT2D eigenvalue weighted by atomic mass is 16.5. The van der Waals surface area contributed by atoms with E-state index in [2.05, 4.69) is 33.8 Å². The van der Waals surface area contributed by atoms with Crippen LogP contribution in [0.3, 0.4) is 0 Å². The van der Waals surface area contributed by atoms with Crippen molar-refractivity contribution in [1.29, 1.82) is 0 Å². The van der Waals surface area contributed by atoms with Gasteiger partial charge >= 0.3 is 5.97 Å². The maximum Gasteiger partial charge on any atom is 0.341 e. The van der Waals surface area contributed by atoms with Crippen molar-refractivity contribution in [3.05, 3.63) is 28.8 Å². The molecule has 0 bridgehead atoms. The van der Waals surface area contributed by atoms with Gasteiger partial charge < -0.3 is 9.47 Å². The Labute approximate surface area is 141 Å². The fourth-order valence-corrected chi connectivity index (χ4v) is 2.57. The Balaban J connectivity index is 3.19.